The Balaban J connectivity index is 1.44. The van der Waals surface area contributed by atoms with Gasteiger partial charge in [0, 0.05) is 16.4 Å². The van der Waals surface area contributed by atoms with Gasteiger partial charge in [0.25, 0.3) is 5.91 Å². The molecule has 3 amide bonds. The average Bonchev–Trinajstić information content (AvgIpc) is 2.83. The highest BCUT2D eigenvalue weighted by Gasteiger charge is 2.13. The third kappa shape index (κ3) is 7.68. The van der Waals surface area contributed by atoms with Gasteiger partial charge in [0.2, 0.25) is 0 Å². The maximum atomic E-state index is 12.1. The second-order valence-electron chi connectivity index (χ2n) is 7.82. The summed E-state index contributed by atoms with van der Waals surface area (Å²) in [6.45, 7) is 5.68. The van der Waals surface area contributed by atoms with Crippen molar-refractivity contribution in [3.63, 3.8) is 0 Å². The van der Waals surface area contributed by atoms with E-state index in [9.17, 15) is 14.4 Å². The molecule has 3 rings (SSSR count). The van der Waals surface area contributed by atoms with Crippen LogP contribution in [-0.4, -0.2) is 30.5 Å². The lowest BCUT2D eigenvalue weighted by Crippen LogP contribution is -2.32. The highest BCUT2D eigenvalue weighted by atomic mass is 35.5. The molecule has 0 radical (unpaired) electrons. The average molecular weight is 493 g/mol. The molecular weight excluding hydrogens is 468 g/mol. The van der Waals surface area contributed by atoms with E-state index in [0.29, 0.717) is 27.7 Å². The second kappa shape index (κ2) is 11.8. The Kier molecular flexibility index (Phi) is 8.58. The van der Waals surface area contributed by atoms with E-state index in [1.54, 1.807) is 42.5 Å². The van der Waals surface area contributed by atoms with Gasteiger partial charge < -0.3 is 15.4 Å². The van der Waals surface area contributed by atoms with Gasteiger partial charge in [-0.1, -0.05) is 23.7 Å². The van der Waals surface area contributed by atoms with Gasteiger partial charge in [-0.3, -0.25) is 14.4 Å². The topological polar surface area (TPSA) is 109 Å². The molecule has 8 nitrogen and oxygen atoms in total. The van der Waals surface area contributed by atoms with E-state index in [4.69, 9.17) is 16.3 Å². The van der Waals surface area contributed by atoms with Crippen LogP contribution in [0.1, 0.15) is 22.3 Å². The molecule has 0 heterocycles. The number of amides is 3. The van der Waals surface area contributed by atoms with Gasteiger partial charge in [0.15, 0.2) is 6.61 Å². The lowest BCUT2D eigenvalue weighted by atomic mass is 10.1. The first-order valence-corrected chi connectivity index (χ1v) is 11.1. The van der Waals surface area contributed by atoms with Crippen LogP contribution < -0.4 is 20.8 Å². The predicted octanol–water partition coefficient (Wildman–Crippen LogP) is 4.37. The SMILES string of the molecule is Cc1ccc(NC(=O)COc2ccc(/C=N\NC(=O)C(=O)Nc3ccc(C)c(Cl)c3)cc2)cc1C. The number of nitrogens with zero attached hydrogens (tertiary/aromatic N) is 1. The summed E-state index contributed by atoms with van der Waals surface area (Å²) in [5.74, 6) is -1.57. The second-order valence-corrected chi connectivity index (χ2v) is 8.23. The number of nitrogens with one attached hydrogen (secondary N) is 3. The number of halogens is 1. The van der Waals surface area contributed by atoms with Crippen LogP contribution in [-0.2, 0) is 14.4 Å². The Hall–Kier alpha value is -4.17. The molecule has 0 aliphatic rings. The molecule has 180 valence electrons. The summed E-state index contributed by atoms with van der Waals surface area (Å²) in [7, 11) is 0. The molecule has 0 fully saturated rings. The molecular formula is C26H25ClN4O4. The van der Waals surface area contributed by atoms with E-state index in [2.05, 4.69) is 21.2 Å². The monoisotopic (exact) mass is 492 g/mol. The van der Waals surface area contributed by atoms with Crippen molar-refractivity contribution < 1.29 is 19.1 Å². The molecule has 0 saturated heterocycles. The number of carbonyl (C=O) groups excluding carboxylic acids is 3. The van der Waals surface area contributed by atoms with Crippen LogP contribution in [0.3, 0.4) is 0 Å². The molecule has 0 aromatic heterocycles. The van der Waals surface area contributed by atoms with E-state index >= 15 is 0 Å². The molecule has 0 aliphatic heterocycles. The number of rotatable bonds is 7. The quantitative estimate of drug-likeness (QED) is 0.258. The Bertz CT molecular complexity index is 1270. The number of hydrogen-bond acceptors (Lipinski definition) is 5. The Morgan fingerprint density at radius 1 is 0.829 bits per heavy atom. The minimum atomic E-state index is -0.923. The van der Waals surface area contributed by atoms with Crippen molar-refractivity contribution in [2.75, 3.05) is 17.2 Å². The predicted molar refractivity (Wildman–Crippen MR) is 137 cm³/mol. The van der Waals surface area contributed by atoms with Crippen molar-refractivity contribution in [2.24, 2.45) is 5.10 Å². The Morgan fingerprint density at radius 3 is 2.14 bits per heavy atom. The summed E-state index contributed by atoms with van der Waals surface area (Å²) < 4.78 is 5.51. The van der Waals surface area contributed by atoms with Crippen LogP contribution in [0, 0.1) is 20.8 Å². The fourth-order valence-electron chi connectivity index (χ4n) is 2.89. The van der Waals surface area contributed by atoms with Gasteiger partial charge in [-0.15, -0.1) is 0 Å². The zero-order valence-electron chi connectivity index (χ0n) is 19.5. The van der Waals surface area contributed by atoms with Gasteiger partial charge >= 0.3 is 11.8 Å². The first-order chi connectivity index (χ1) is 16.7. The Labute approximate surface area is 208 Å². The van der Waals surface area contributed by atoms with Crippen molar-refractivity contribution in [3.05, 3.63) is 87.9 Å². The minimum Gasteiger partial charge on any atom is -0.484 e. The van der Waals surface area contributed by atoms with Crippen LogP contribution >= 0.6 is 11.6 Å². The number of aryl methyl sites for hydroxylation is 3. The number of benzene rings is 3. The molecule has 0 atom stereocenters. The number of hydrazone groups is 1. The standard InChI is InChI=1S/C26H25ClN4O4/c1-16-4-8-20(12-18(16)3)29-24(32)15-35-22-10-6-19(7-11-22)14-28-31-26(34)25(33)30-21-9-5-17(2)23(27)13-21/h4-14H,15H2,1-3H3,(H,29,32)(H,30,33)(H,31,34)/b28-14-. The lowest BCUT2D eigenvalue weighted by molar-refractivity contribution is -0.136. The van der Waals surface area contributed by atoms with Crippen molar-refractivity contribution in [3.8, 4) is 5.75 Å². The first-order valence-electron chi connectivity index (χ1n) is 10.7. The number of carbonyl (C=O) groups is 3. The molecule has 0 aliphatic carbocycles. The van der Waals surface area contributed by atoms with Gasteiger partial charge in [-0.05, 0) is 91.6 Å². The molecule has 9 heteroatoms. The fourth-order valence-corrected chi connectivity index (χ4v) is 3.07. The molecule has 0 bridgehead atoms. The van der Waals surface area contributed by atoms with Gasteiger partial charge in [-0.25, -0.2) is 5.43 Å². The zero-order chi connectivity index (χ0) is 25.4. The van der Waals surface area contributed by atoms with Crippen molar-refractivity contribution in [1.82, 2.24) is 5.43 Å². The molecule has 0 saturated carbocycles. The highest BCUT2D eigenvalue weighted by molar-refractivity contribution is 6.39. The van der Waals surface area contributed by atoms with E-state index in [1.807, 2.05) is 39.0 Å². The Morgan fingerprint density at radius 2 is 1.49 bits per heavy atom. The molecule has 0 unspecified atom stereocenters. The molecule has 3 aromatic rings. The van der Waals surface area contributed by atoms with Crippen LogP contribution in [0.2, 0.25) is 5.02 Å². The van der Waals surface area contributed by atoms with Crippen molar-refractivity contribution in [2.45, 2.75) is 20.8 Å². The molecule has 0 spiro atoms. The van der Waals surface area contributed by atoms with Gasteiger partial charge in [0.1, 0.15) is 5.75 Å². The van der Waals surface area contributed by atoms with E-state index in [-0.39, 0.29) is 12.5 Å². The van der Waals surface area contributed by atoms with Gasteiger partial charge in [-0.2, -0.15) is 5.10 Å². The van der Waals surface area contributed by atoms with Crippen molar-refractivity contribution >= 4 is 46.9 Å². The number of ether oxygens (including phenoxy) is 1. The minimum absolute atomic E-state index is 0.141. The van der Waals surface area contributed by atoms with E-state index in [0.717, 1.165) is 16.7 Å². The number of hydrogen-bond donors (Lipinski definition) is 3. The maximum absolute atomic E-state index is 12.1. The van der Waals surface area contributed by atoms with Crippen LogP contribution in [0.15, 0.2) is 65.8 Å². The molecule has 3 aromatic carbocycles. The number of anilines is 2. The summed E-state index contributed by atoms with van der Waals surface area (Å²) >= 11 is 6.01. The first kappa shape index (κ1) is 25.5. The molecule has 3 N–H and O–H groups in total. The summed E-state index contributed by atoms with van der Waals surface area (Å²) in [5.41, 5.74) is 7.04. The zero-order valence-corrected chi connectivity index (χ0v) is 20.3. The normalized spacial score (nSPS) is 10.6. The van der Waals surface area contributed by atoms with E-state index in [1.165, 1.54) is 6.21 Å². The summed E-state index contributed by atoms with van der Waals surface area (Å²) in [4.78, 5) is 36.0. The van der Waals surface area contributed by atoms with Crippen LogP contribution in [0.25, 0.3) is 0 Å². The van der Waals surface area contributed by atoms with Crippen LogP contribution in [0.4, 0.5) is 11.4 Å². The molecule has 35 heavy (non-hydrogen) atoms. The van der Waals surface area contributed by atoms with Crippen LogP contribution in [0.5, 0.6) is 5.75 Å². The third-order valence-corrected chi connectivity index (χ3v) is 5.46. The summed E-state index contributed by atoms with van der Waals surface area (Å²) in [6, 6.07) is 17.4. The summed E-state index contributed by atoms with van der Waals surface area (Å²) in [6.07, 6.45) is 1.38. The van der Waals surface area contributed by atoms with Gasteiger partial charge in [0.05, 0.1) is 6.21 Å². The highest BCUT2D eigenvalue weighted by Crippen LogP contribution is 2.20. The van der Waals surface area contributed by atoms with E-state index < -0.39 is 11.8 Å². The third-order valence-electron chi connectivity index (χ3n) is 5.06. The smallest absolute Gasteiger partial charge is 0.329 e. The lowest BCUT2D eigenvalue weighted by Gasteiger charge is -2.09. The largest absolute Gasteiger partial charge is 0.484 e. The maximum Gasteiger partial charge on any atom is 0.329 e. The summed E-state index contributed by atoms with van der Waals surface area (Å²) in [5, 5.41) is 9.51. The van der Waals surface area contributed by atoms with Crippen molar-refractivity contribution in [1.29, 1.82) is 0 Å². The fraction of sp³-hybridized carbons (Fsp3) is 0.154.